The van der Waals surface area contributed by atoms with E-state index in [1.54, 1.807) is 31.4 Å². The van der Waals surface area contributed by atoms with Crippen molar-refractivity contribution in [1.82, 2.24) is 0 Å². The zero-order chi connectivity index (χ0) is 8.32. The van der Waals surface area contributed by atoms with E-state index in [9.17, 15) is 5.11 Å². The second kappa shape index (κ2) is 2.93. The molecule has 1 aromatic heterocycles. The van der Waals surface area contributed by atoms with E-state index in [0.29, 0.717) is 12.2 Å². The lowest BCUT2D eigenvalue weighted by atomic mass is 10.00. The Morgan fingerprint density at radius 3 is 3.00 bits per heavy atom. The van der Waals surface area contributed by atoms with Crippen molar-refractivity contribution in [2.24, 2.45) is 0 Å². The van der Waals surface area contributed by atoms with Gasteiger partial charge < -0.3 is 9.52 Å². The summed E-state index contributed by atoms with van der Waals surface area (Å²) in [6, 6.07) is 3.51. The van der Waals surface area contributed by atoms with Gasteiger partial charge in [0.2, 0.25) is 0 Å². The molecule has 1 atom stereocenters. The van der Waals surface area contributed by atoms with Crippen molar-refractivity contribution in [3.63, 3.8) is 0 Å². The van der Waals surface area contributed by atoms with E-state index >= 15 is 0 Å². The van der Waals surface area contributed by atoms with E-state index in [1.165, 1.54) is 0 Å². The summed E-state index contributed by atoms with van der Waals surface area (Å²) in [5.41, 5.74) is -0.911. The molecule has 2 heteroatoms. The molecule has 0 radical (unpaired) electrons. The van der Waals surface area contributed by atoms with Gasteiger partial charge in [-0.05, 0) is 19.1 Å². The Balaban J connectivity index is 2.81. The zero-order valence-corrected chi connectivity index (χ0v) is 6.58. The van der Waals surface area contributed by atoms with E-state index in [4.69, 9.17) is 4.42 Å². The first-order valence-corrected chi connectivity index (χ1v) is 3.54. The summed E-state index contributed by atoms with van der Waals surface area (Å²) in [6.45, 7) is 5.26. The third kappa shape index (κ3) is 1.71. The summed E-state index contributed by atoms with van der Waals surface area (Å²) in [5.74, 6) is 0.581. The maximum Gasteiger partial charge on any atom is 0.135 e. The first-order chi connectivity index (χ1) is 5.17. The van der Waals surface area contributed by atoms with Crippen LogP contribution in [-0.2, 0) is 5.60 Å². The Kier molecular flexibility index (Phi) is 2.15. The highest BCUT2D eigenvalue weighted by atomic mass is 16.4. The molecule has 1 aromatic rings. The van der Waals surface area contributed by atoms with Gasteiger partial charge in [-0.1, -0.05) is 6.08 Å². The van der Waals surface area contributed by atoms with Crippen molar-refractivity contribution >= 4 is 0 Å². The summed E-state index contributed by atoms with van der Waals surface area (Å²) in [7, 11) is 0. The molecular formula is C9H12O2. The van der Waals surface area contributed by atoms with Crippen molar-refractivity contribution in [3.8, 4) is 0 Å². The molecule has 0 amide bonds. The average Bonchev–Trinajstić information content (AvgIpc) is 2.37. The van der Waals surface area contributed by atoms with Gasteiger partial charge in [0, 0.05) is 6.42 Å². The minimum absolute atomic E-state index is 0.501. The Morgan fingerprint density at radius 1 is 1.82 bits per heavy atom. The third-order valence-electron chi connectivity index (χ3n) is 1.59. The standard InChI is InChI=1S/C9H12O2/c1-3-6-9(2,10)8-5-4-7-11-8/h3-5,7,10H,1,6H2,2H3/t9-/m0/s1. The normalized spacial score (nSPS) is 15.8. The molecule has 1 N–H and O–H groups in total. The van der Waals surface area contributed by atoms with Crippen LogP contribution in [0.15, 0.2) is 35.5 Å². The lowest BCUT2D eigenvalue weighted by molar-refractivity contribution is 0.0372. The lowest BCUT2D eigenvalue weighted by Crippen LogP contribution is -2.18. The first-order valence-electron chi connectivity index (χ1n) is 3.54. The van der Waals surface area contributed by atoms with Gasteiger partial charge in [-0.25, -0.2) is 0 Å². The van der Waals surface area contributed by atoms with Crippen LogP contribution >= 0.6 is 0 Å². The summed E-state index contributed by atoms with van der Waals surface area (Å²) in [4.78, 5) is 0. The molecule has 0 aromatic carbocycles. The quantitative estimate of drug-likeness (QED) is 0.672. The Bertz CT molecular complexity index is 222. The highest BCUT2D eigenvalue weighted by Crippen LogP contribution is 2.24. The second-order valence-corrected chi connectivity index (χ2v) is 2.74. The largest absolute Gasteiger partial charge is 0.466 e. The summed E-state index contributed by atoms with van der Waals surface area (Å²) >= 11 is 0. The lowest BCUT2D eigenvalue weighted by Gasteiger charge is -2.17. The van der Waals surface area contributed by atoms with Crippen LogP contribution in [0.3, 0.4) is 0 Å². The molecule has 0 unspecified atom stereocenters. The van der Waals surface area contributed by atoms with Gasteiger partial charge in [0.1, 0.15) is 11.4 Å². The molecule has 60 valence electrons. The Morgan fingerprint density at radius 2 is 2.55 bits per heavy atom. The maximum absolute atomic E-state index is 9.71. The molecule has 11 heavy (non-hydrogen) atoms. The van der Waals surface area contributed by atoms with E-state index in [1.807, 2.05) is 0 Å². The van der Waals surface area contributed by atoms with Gasteiger partial charge in [-0.2, -0.15) is 0 Å². The average molecular weight is 152 g/mol. The van der Waals surface area contributed by atoms with Crippen LogP contribution in [0.4, 0.5) is 0 Å². The predicted octanol–water partition coefficient (Wildman–Crippen LogP) is 2.06. The third-order valence-corrected chi connectivity index (χ3v) is 1.59. The first kappa shape index (κ1) is 8.08. The van der Waals surface area contributed by atoms with Crippen LogP contribution in [0.5, 0.6) is 0 Å². The number of furan rings is 1. The highest BCUT2D eigenvalue weighted by molar-refractivity contribution is 5.09. The van der Waals surface area contributed by atoms with Crippen LogP contribution in [0.25, 0.3) is 0 Å². The molecule has 1 rings (SSSR count). The van der Waals surface area contributed by atoms with Crippen molar-refractivity contribution in [2.75, 3.05) is 0 Å². The molecule has 0 aliphatic carbocycles. The smallest absolute Gasteiger partial charge is 0.135 e. The zero-order valence-electron chi connectivity index (χ0n) is 6.58. The van der Waals surface area contributed by atoms with E-state index in [-0.39, 0.29) is 0 Å². The highest BCUT2D eigenvalue weighted by Gasteiger charge is 2.23. The molecule has 2 nitrogen and oxygen atoms in total. The van der Waals surface area contributed by atoms with Crippen LogP contribution in [0, 0.1) is 0 Å². The SMILES string of the molecule is C=CC[C@](C)(O)c1ccco1. The molecular weight excluding hydrogens is 140 g/mol. The topological polar surface area (TPSA) is 33.4 Å². The van der Waals surface area contributed by atoms with Crippen molar-refractivity contribution in [1.29, 1.82) is 0 Å². The van der Waals surface area contributed by atoms with Crippen molar-refractivity contribution in [2.45, 2.75) is 18.9 Å². The van der Waals surface area contributed by atoms with Gasteiger partial charge >= 0.3 is 0 Å². The fraction of sp³-hybridized carbons (Fsp3) is 0.333. The molecule has 0 aliphatic rings. The van der Waals surface area contributed by atoms with Gasteiger partial charge in [0.05, 0.1) is 6.26 Å². The van der Waals surface area contributed by atoms with Crippen LogP contribution < -0.4 is 0 Å². The molecule has 0 saturated heterocycles. The molecule has 0 saturated carbocycles. The van der Waals surface area contributed by atoms with Gasteiger partial charge in [0.25, 0.3) is 0 Å². The molecule has 1 heterocycles. The van der Waals surface area contributed by atoms with Gasteiger partial charge in [0.15, 0.2) is 0 Å². The second-order valence-electron chi connectivity index (χ2n) is 2.74. The fourth-order valence-electron chi connectivity index (χ4n) is 0.967. The van der Waals surface area contributed by atoms with E-state index < -0.39 is 5.60 Å². The van der Waals surface area contributed by atoms with E-state index in [0.717, 1.165) is 0 Å². The molecule has 0 spiro atoms. The number of rotatable bonds is 3. The number of hydrogen-bond donors (Lipinski definition) is 1. The van der Waals surface area contributed by atoms with Crippen molar-refractivity contribution < 1.29 is 9.52 Å². The van der Waals surface area contributed by atoms with Crippen molar-refractivity contribution in [3.05, 3.63) is 36.8 Å². The molecule has 0 bridgehead atoms. The summed E-state index contributed by atoms with van der Waals surface area (Å²) in [5, 5.41) is 9.71. The number of hydrogen-bond acceptors (Lipinski definition) is 2. The fourth-order valence-corrected chi connectivity index (χ4v) is 0.967. The van der Waals surface area contributed by atoms with Crippen LogP contribution in [0.2, 0.25) is 0 Å². The maximum atomic E-state index is 9.71. The summed E-state index contributed by atoms with van der Waals surface area (Å²) in [6.07, 6.45) is 3.72. The monoisotopic (exact) mass is 152 g/mol. The number of aliphatic hydroxyl groups is 1. The van der Waals surface area contributed by atoms with Crippen LogP contribution in [-0.4, -0.2) is 5.11 Å². The van der Waals surface area contributed by atoms with E-state index in [2.05, 4.69) is 6.58 Å². The predicted molar refractivity (Wildman–Crippen MR) is 43.1 cm³/mol. The van der Waals surface area contributed by atoms with Crippen LogP contribution in [0.1, 0.15) is 19.1 Å². The van der Waals surface area contributed by atoms with Gasteiger partial charge in [-0.3, -0.25) is 0 Å². The minimum atomic E-state index is -0.911. The minimum Gasteiger partial charge on any atom is -0.466 e. The van der Waals surface area contributed by atoms with Gasteiger partial charge in [-0.15, -0.1) is 6.58 Å². The molecule has 0 aliphatic heterocycles. The molecule has 0 fully saturated rings. The summed E-state index contributed by atoms with van der Waals surface area (Å²) < 4.78 is 5.05. The Hall–Kier alpha value is -1.02. The Labute approximate surface area is 66.2 Å².